The van der Waals surface area contributed by atoms with E-state index in [0.29, 0.717) is 23.0 Å². The van der Waals surface area contributed by atoms with Gasteiger partial charge in [-0.15, -0.1) is 0 Å². The topological polar surface area (TPSA) is 80.0 Å². The molecule has 0 saturated carbocycles. The van der Waals surface area contributed by atoms with Crippen molar-refractivity contribution in [2.45, 2.75) is 26.8 Å². The van der Waals surface area contributed by atoms with Crippen LogP contribution in [0.25, 0.3) is 5.76 Å². The van der Waals surface area contributed by atoms with Gasteiger partial charge < -0.3 is 14.3 Å². The molecule has 1 atom stereocenters. The molecule has 7 heteroatoms. The smallest absolute Gasteiger partial charge is 0.300 e. The number of ether oxygens (including phenoxy) is 1. The SMILES string of the molecule is COc1ccc(Cl)c(/C(O)=C2/C(=O)C(=O)N(c3ccc(C)cc3C)C2c2ccc(C)o2)c1. The van der Waals surface area contributed by atoms with E-state index >= 15 is 0 Å². The summed E-state index contributed by atoms with van der Waals surface area (Å²) in [5, 5.41) is 11.4. The molecule has 1 amide bonds. The Labute approximate surface area is 190 Å². The Bertz CT molecular complexity index is 1270. The van der Waals surface area contributed by atoms with E-state index in [4.69, 9.17) is 20.8 Å². The number of anilines is 1. The Kier molecular flexibility index (Phi) is 5.57. The van der Waals surface area contributed by atoms with Crippen molar-refractivity contribution in [3.63, 3.8) is 0 Å². The van der Waals surface area contributed by atoms with Crippen LogP contribution >= 0.6 is 11.6 Å². The number of carbonyl (C=O) groups is 2. The molecule has 2 aromatic carbocycles. The molecular weight excluding hydrogens is 430 g/mol. The van der Waals surface area contributed by atoms with Gasteiger partial charge in [0.25, 0.3) is 11.7 Å². The number of hydrogen-bond acceptors (Lipinski definition) is 5. The number of aliphatic hydroxyl groups excluding tert-OH is 1. The highest BCUT2D eigenvalue weighted by molar-refractivity contribution is 6.52. The third kappa shape index (κ3) is 3.56. The molecule has 0 aliphatic carbocycles. The first kappa shape index (κ1) is 21.7. The number of furan rings is 1. The Morgan fingerprint density at radius 1 is 1.06 bits per heavy atom. The van der Waals surface area contributed by atoms with E-state index in [2.05, 4.69) is 0 Å². The molecule has 1 aromatic heterocycles. The van der Waals surface area contributed by atoms with Crippen LogP contribution in [-0.2, 0) is 9.59 Å². The van der Waals surface area contributed by atoms with E-state index in [9.17, 15) is 14.7 Å². The fourth-order valence-electron chi connectivity index (χ4n) is 3.98. The van der Waals surface area contributed by atoms with Crippen molar-refractivity contribution < 1.29 is 23.8 Å². The van der Waals surface area contributed by atoms with Gasteiger partial charge in [0, 0.05) is 11.3 Å². The van der Waals surface area contributed by atoms with Gasteiger partial charge in [0.2, 0.25) is 0 Å². The van der Waals surface area contributed by atoms with Crippen LogP contribution in [-0.4, -0.2) is 23.9 Å². The molecule has 0 bridgehead atoms. The van der Waals surface area contributed by atoms with Crippen LogP contribution in [0.5, 0.6) is 5.75 Å². The Hall–Kier alpha value is -3.51. The standard InChI is InChI=1S/C25H22ClNO5/c1-13-5-9-19(14(2)11-13)27-22(20-10-6-15(3)32-20)21(24(29)25(27)30)23(28)17-12-16(31-4)7-8-18(17)26/h5-12,22,28H,1-4H3/b23-21-. The normalized spacial score (nSPS) is 17.8. The minimum atomic E-state index is -0.952. The number of ketones is 1. The fraction of sp³-hybridized carbons (Fsp3) is 0.200. The highest BCUT2D eigenvalue weighted by atomic mass is 35.5. The van der Waals surface area contributed by atoms with Gasteiger partial charge in [0.1, 0.15) is 29.1 Å². The maximum absolute atomic E-state index is 13.2. The number of hydrogen-bond donors (Lipinski definition) is 1. The van der Waals surface area contributed by atoms with Gasteiger partial charge in [0.05, 0.1) is 17.7 Å². The summed E-state index contributed by atoms with van der Waals surface area (Å²) in [7, 11) is 1.48. The van der Waals surface area contributed by atoms with E-state index in [1.807, 2.05) is 26.0 Å². The molecule has 164 valence electrons. The van der Waals surface area contributed by atoms with E-state index in [1.165, 1.54) is 18.1 Å². The van der Waals surface area contributed by atoms with Crippen molar-refractivity contribution in [3.05, 3.63) is 87.3 Å². The Balaban J connectivity index is 1.98. The Morgan fingerprint density at radius 2 is 1.81 bits per heavy atom. The molecule has 2 heterocycles. The molecule has 1 N–H and O–H groups in total. The Morgan fingerprint density at radius 3 is 2.44 bits per heavy atom. The molecule has 0 radical (unpaired) electrons. The van der Waals surface area contributed by atoms with Crippen molar-refractivity contribution in [2.24, 2.45) is 0 Å². The molecule has 32 heavy (non-hydrogen) atoms. The van der Waals surface area contributed by atoms with Gasteiger partial charge in [-0.1, -0.05) is 29.3 Å². The first-order chi connectivity index (χ1) is 15.2. The summed E-state index contributed by atoms with van der Waals surface area (Å²) in [6.45, 7) is 5.58. The molecule has 6 nitrogen and oxygen atoms in total. The molecule has 1 fully saturated rings. The molecular formula is C25H22ClNO5. The maximum atomic E-state index is 13.2. The van der Waals surface area contributed by atoms with E-state index < -0.39 is 23.5 Å². The molecule has 4 rings (SSSR count). The monoisotopic (exact) mass is 451 g/mol. The molecule has 0 spiro atoms. The molecule has 1 aliphatic rings. The summed E-state index contributed by atoms with van der Waals surface area (Å²) in [6.07, 6.45) is 0. The zero-order valence-corrected chi connectivity index (χ0v) is 18.9. The van der Waals surface area contributed by atoms with Gasteiger partial charge in [0.15, 0.2) is 0 Å². The fourth-order valence-corrected chi connectivity index (χ4v) is 4.19. The number of carbonyl (C=O) groups excluding carboxylic acids is 2. The second-order valence-corrected chi connectivity index (χ2v) is 8.16. The van der Waals surface area contributed by atoms with Gasteiger partial charge in [-0.3, -0.25) is 14.5 Å². The number of Topliss-reactive ketones (excluding diaryl/α,β-unsaturated/α-hetero) is 1. The van der Waals surface area contributed by atoms with Crippen LogP contribution in [0.15, 0.2) is 58.5 Å². The number of rotatable bonds is 4. The van der Waals surface area contributed by atoms with Crippen molar-refractivity contribution >= 4 is 34.7 Å². The van der Waals surface area contributed by atoms with E-state index in [-0.39, 0.29) is 16.2 Å². The van der Waals surface area contributed by atoms with E-state index in [1.54, 1.807) is 37.3 Å². The van der Waals surface area contributed by atoms with Crippen molar-refractivity contribution in [1.82, 2.24) is 0 Å². The third-order valence-corrected chi connectivity index (χ3v) is 5.85. The maximum Gasteiger partial charge on any atom is 0.300 e. The molecule has 1 unspecified atom stereocenters. The number of nitrogens with zero attached hydrogens (tertiary/aromatic N) is 1. The quantitative estimate of drug-likeness (QED) is 0.322. The summed E-state index contributed by atoms with van der Waals surface area (Å²) in [5.41, 5.74) is 2.50. The highest BCUT2D eigenvalue weighted by Crippen LogP contribution is 2.44. The van der Waals surface area contributed by atoms with Crippen LogP contribution in [0.2, 0.25) is 5.02 Å². The number of benzene rings is 2. The lowest BCUT2D eigenvalue weighted by atomic mass is 9.98. The largest absolute Gasteiger partial charge is 0.507 e. The van der Waals surface area contributed by atoms with Crippen LogP contribution < -0.4 is 9.64 Å². The van der Waals surface area contributed by atoms with Crippen molar-refractivity contribution in [1.29, 1.82) is 0 Å². The number of methoxy groups -OCH3 is 1. The molecule has 1 aliphatic heterocycles. The zero-order chi connectivity index (χ0) is 23.2. The van der Waals surface area contributed by atoms with Crippen LogP contribution in [0.4, 0.5) is 5.69 Å². The lowest BCUT2D eigenvalue weighted by Gasteiger charge is -2.25. The average Bonchev–Trinajstić information content (AvgIpc) is 3.29. The summed E-state index contributed by atoms with van der Waals surface area (Å²) >= 11 is 6.32. The van der Waals surface area contributed by atoms with E-state index in [0.717, 1.165) is 11.1 Å². The predicted octanol–water partition coefficient (Wildman–Crippen LogP) is 5.49. The van der Waals surface area contributed by atoms with Gasteiger partial charge in [-0.05, 0) is 62.7 Å². The summed E-state index contributed by atoms with van der Waals surface area (Å²) in [4.78, 5) is 27.8. The summed E-state index contributed by atoms with van der Waals surface area (Å²) < 4.78 is 11.1. The molecule has 1 saturated heterocycles. The first-order valence-corrected chi connectivity index (χ1v) is 10.4. The van der Waals surface area contributed by atoms with Crippen molar-refractivity contribution in [3.8, 4) is 5.75 Å². The third-order valence-electron chi connectivity index (χ3n) is 5.52. The molecule has 3 aromatic rings. The lowest BCUT2D eigenvalue weighted by molar-refractivity contribution is -0.132. The second kappa shape index (κ2) is 8.20. The summed E-state index contributed by atoms with van der Waals surface area (Å²) in [5.74, 6) is -0.534. The van der Waals surface area contributed by atoms with Crippen LogP contribution in [0.3, 0.4) is 0 Å². The van der Waals surface area contributed by atoms with Gasteiger partial charge in [-0.2, -0.15) is 0 Å². The van der Waals surface area contributed by atoms with Gasteiger partial charge in [-0.25, -0.2) is 0 Å². The van der Waals surface area contributed by atoms with Crippen LogP contribution in [0.1, 0.15) is 34.3 Å². The number of amides is 1. The summed E-state index contributed by atoms with van der Waals surface area (Å²) in [6, 6.07) is 12.8. The second-order valence-electron chi connectivity index (χ2n) is 7.75. The number of halogens is 1. The van der Waals surface area contributed by atoms with Crippen molar-refractivity contribution in [2.75, 3.05) is 12.0 Å². The number of aliphatic hydroxyl groups is 1. The van der Waals surface area contributed by atoms with Crippen LogP contribution in [0, 0.1) is 20.8 Å². The first-order valence-electron chi connectivity index (χ1n) is 10.0. The van der Waals surface area contributed by atoms with Gasteiger partial charge >= 0.3 is 0 Å². The minimum absolute atomic E-state index is 0.0977. The lowest BCUT2D eigenvalue weighted by Crippen LogP contribution is -2.30. The average molecular weight is 452 g/mol. The number of aryl methyl sites for hydroxylation is 3. The minimum Gasteiger partial charge on any atom is -0.507 e. The predicted molar refractivity (Wildman–Crippen MR) is 122 cm³/mol. The zero-order valence-electron chi connectivity index (χ0n) is 18.1. The highest BCUT2D eigenvalue weighted by Gasteiger charge is 2.49.